The molecule has 0 aliphatic carbocycles. The maximum absolute atomic E-state index is 6.00. The molecule has 104 valence electrons. The standard InChI is InChI=1S/C15H21ClN2O/c1-3-5-6-9-18-14-8-7-12(19-4-2)10-13(14)17-15(18)11-16/h7-8,10H,3-6,9,11H2,1-2H3. The van der Waals surface area contributed by atoms with Crippen LogP contribution in [0.3, 0.4) is 0 Å². The third-order valence-electron chi connectivity index (χ3n) is 3.21. The number of alkyl halides is 1. The Morgan fingerprint density at radius 3 is 2.79 bits per heavy atom. The molecule has 0 aliphatic heterocycles. The number of aromatic nitrogens is 2. The van der Waals surface area contributed by atoms with Crippen LogP contribution in [0.4, 0.5) is 0 Å². The molecule has 0 aliphatic rings. The van der Waals surface area contributed by atoms with Crippen LogP contribution in [0.2, 0.25) is 0 Å². The Bertz CT molecular complexity index is 536. The summed E-state index contributed by atoms with van der Waals surface area (Å²) in [6.07, 6.45) is 3.62. The van der Waals surface area contributed by atoms with Crippen molar-refractivity contribution in [3.8, 4) is 5.75 Å². The molecule has 0 radical (unpaired) electrons. The van der Waals surface area contributed by atoms with Crippen LogP contribution in [-0.4, -0.2) is 16.2 Å². The summed E-state index contributed by atoms with van der Waals surface area (Å²) < 4.78 is 7.74. The van der Waals surface area contributed by atoms with Crippen molar-refractivity contribution in [2.45, 2.75) is 45.5 Å². The van der Waals surface area contributed by atoms with Gasteiger partial charge in [-0.3, -0.25) is 0 Å². The van der Waals surface area contributed by atoms with Crippen molar-refractivity contribution < 1.29 is 4.74 Å². The minimum absolute atomic E-state index is 0.449. The lowest BCUT2D eigenvalue weighted by Gasteiger charge is -2.07. The number of ether oxygens (including phenoxy) is 1. The first-order chi connectivity index (χ1) is 9.30. The molecule has 0 bridgehead atoms. The van der Waals surface area contributed by atoms with Crippen LogP contribution >= 0.6 is 11.6 Å². The SMILES string of the molecule is CCCCCn1c(CCl)nc2cc(OCC)ccc21. The Balaban J connectivity index is 2.32. The van der Waals surface area contributed by atoms with Gasteiger partial charge < -0.3 is 9.30 Å². The van der Waals surface area contributed by atoms with Gasteiger partial charge in [-0.15, -0.1) is 11.6 Å². The molecule has 0 atom stereocenters. The highest BCUT2D eigenvalue weighted by Crippen LogP contribution is 2.23. The maximum Gasteiger partial charge on any atom is 0.124 e. The Morgan fingerprint density at radius 2 is 2.11 bits per heavy atom. The highest BCUT2D eigenvalue weighted by Gasteiger charge is 2.10. The van der Waals surface area contributed by atoms with Gasteiger partial charge >= 0.3 is 0 Å². The zero-order valence-electron chi connectivity index (χ0n) is 11.7. The quantitative estimate of drug-likeness (QED) is 0.556. The lowest BCUT2D eigenvalue weighted by molar-refractivity contribution is 0.340. The van der Waals surface area contributed by atoms with Crippen LogP contribution in [0.5, 0.6) is 5.75 Å². The number of unbranched alkanes of at least 4 members (excludes halogenated alkanes) is 2. The third-order valence-corrected chi connectivity index (χ3v) is 3.45. The topological polar surface area (TPSA) is 27.1 Å². The van der Waals surface area contributed by atoms with Crippen molar-refractivity contribution >= 4 is 22.6 Å². The van der Waals surface area contributed by atoms with Crippen molar-refractivity contribution in [1.82, 2.24) is 9.55 Å². The summed E-state index contributed by atoms with van der Waals surface area (Å²) in [5, 5.41) is 0. The van der Waals surface area contributed by atoms with Crippen LogP contribution in [0.25, 0.3) is 11.0 Å². The second kappa shape index (κ2) is 6.80. The number of fused-ring (bicyclic) bond motifs is 1. The fourth-order valence-corrected chi connectivity index (χ4v) is 2.49. The van der Waals surface area contributed by atoms with Gasteiger partial charge in [0.25, 0.3) is 0 Å². The van der Waals surface area contributed by atoms with Gasteiger partial charge in [0.1, 0.15) is 11.6 Å². The zero-order chi connectivity index (χ0) is 13.7. The molecule has 0 amide bonds. The summed E-state index contributed by atoms with van der Waals surface area (Å²) >= 11 is 6.00. The van der Waals surface area contributed by atoms with Crippen molar-refractivity contribution in [2.24, 2.45) is 0 Å². The molecule has 0 unspecified atom stereocenters. The minimum Gasteiger partial charge on any atom is -0.494 e. The average molecular weight is 281 g/mol. The predicted octanol–water partition coefficient (Wildman–Crippen LogP) is 4.36. The minimum atomic E-state index is 0.449. The molecule has 19 heavy (non-hydrogen) atoms. The van der Waals surface area contributed by atoms with Gasteiger partial charge in [0.15, 0.2) is 0 Å². The average Bonchev–Trinajstić information content (AvgIpc) is 2.77. The molecule has 0 fully saturated rings. The molecule has 2 rings (SSSR count). The molecular formula is C15H21ClN2O. The van der Waals surface area contributed by atoms with Crippen LogP contribution < -0.4 is 4.74 Å². The van der Waals surface area contributed by atoms with E-state index in [1.165, 1.54) is 19.3 Å². The molecule has 1 heterocycles. The molecule has 1 aromatic carbocycles. The number of hydrogen-bond acceptors (Lipinski definition) is 2. The van der Waals surface area contributed by atoms with E-state index < -0.39 is 0 Å². The van der Waals surface area contributed by atoms with Gasteiger partial charge in [0.05, 0.1) is 23.5 Å². The summed E-state index contributed by atoms with van der Waals surface area (Å²) in [5.41, 5.74) is 2.12. The second-order valence-corrected chi connectivity index (χ2v) is 4.87. The number of halogens is 1. The first kappa shape index (κ1) is 14.2. The molecule has 4 heteroatoms. The van der Waals surface area contributed by atoms with E-state index in [-0.39, 0.29) is 0 Å². The highest BCUT2D eigenvalue weighted by molar-refractivity contribution is 6.16. The Morgan fingerprint density at radius 1 is 1.26 bits per heavy atom. The van der Waals surface area contributed by atoms with Crippen LogP contribution in [0.1, 0.15) is 38.9 Å². The van der Waals surface area contributed by atoms with Crippen LogP contribution in [-0.2, 0) is 12.4 Å². The van der Waals surface area contributed by atoms with Crippen molar-refractivity contribution in [2.75, 3.05) is 6.61 Å². The highest BCUT2D eigenvalue weighted by atomic mass is 35.5. The summed E-state index contributed by atoms with van der Waals surface area (Å²) in [7, 11) is 0. The van der Waals surface area contributed by atoms with Crippen LogP contribution in [0, 0.1) is 0 Å². The van der Waals surface area contributed by atoms with E-state index in [9.17, 15) is 0 Å². The summed E-state index contributed by atoms with van der Waals surface area (Å²) in [6, 6.07) is 6.07. The number of rotatable bonds is 7. The van der Waals surface area contributed by atoms with E-state index in [1.54, 1.807) is 0 Å². The summed E-state index contributed by atoms with van der Waals surface area (Å²) in [6.45, 7) is 5.85. The molecule has 0 saturated heterocycles. The maximum atomic E-state index is 6.00. The van der Waals surface area contributed by atoms with Crippen molar-refractivity contribution in [3.63, 3.8) is 0 Å². The van der Waals surface area contributed by atoms with Gasteiger partial charge in [0.2, 0.25) is 0 Å². The van der Waals surface area contributed by atoms with E-state index in [1.807, 2.05) is 19.1 Å². The first-order valence-corrected chi connectivity index (χ1v) is 7.51. The van der Waals surface area contributed by atoms with Crippen LogP contribution in [0.15, 0.2) is 18.2 Å². The van der Waals surface area contributed by atoms with E-state index in [4.69, 9.17) is 16.3 Å². The smallest absolute Gasteiger partial charge is 0.124 e. The molecule has 3 nitrogen and oxygen atoms in total. The Kier molecular flexibility index (Phi) is 5.08. The van der Waals surface area contributed by atoms with Gasteiger partial charge in [-0.05, 0) is 25.5 Å². The van der Waals surface area contributed by atoms with E-state index >= 15 is 0 Å². The molecular weight excluding hydrogens is 260 g/mol. The Hall–Kier alpha value is -1.22. The lowest BCUT2D eigenvalue weighted by Crippen LogP contribution is -2.02. The fraction of sp³-hybridized carbons (Fsp3) is 0.533. The van der Waals surface area contributed by atoms with E-state index in [0.29, 0.717) is 12.5 Å². The molecule has 0 N–H and O–H groups in total. The normalized spacial score (nSPS) is 11.1. The number of benzene rings is 1. The zero-order valence-corrected chi connectivity index (χ0v) is 12.4. The van der Waals surface area contributed by atoms with E-state index in [2.05, 4.69) is 22.5 Å². The third kappa shape index (κ3) is 3.21. The van der Waals surface area contributed by atoms with Gasteiger partial charge in [-0.2, -0.15) is 0 Å². The summed E-state index contributed by atoms with van der Waals surface area (Å²) in [4.78, 5) is 4.60. The van der Waals surface area contributed by atoms with E-state index in [0.717, 1.165) is 29.2 Å². The summed E-state index contributed by atoms with van der Waals surface area (Å²) in [5.74, 6) is 2.26. The number of nitrogens with zero attached hydrogens (tertiary/aromatic N) is 2. The number of imidazole rings is 1. The van der Waals surface area contributed by atoms with Gasteiger partial charge in [-0.1, -0.05) is 19.8 Å². The molecule has 1 aromatic heterocycles. The van der Waals surface area contributed by atoms with Crippen molar-refractivity contribution in [1.29, 1.82) is 0 Å². The Labute approximate surface area is 119 Å². The second-order valence-electron chi connectivity index (χ2n) is 4.60. The molecule has 0 saturated carbocycles. The number of hydrogen-bond donors (Lipinski definition) is 0. The van der Waals surface area contributed by atoms with Crippen molar-refractivity contribution in [3.05, 3.63) is 24.0 Å². The monoisotopic (exact) mass is 280 g/mol. The molecule has 2 aromatic rings. The predicted molar refractivity (Wildman–Crippen MR) is 80.0 cm³/mol. The molecule has 0 spiro atoms. The first-order valence-electron chi connectivity index (χ1n) is 6.98. The largest absolute Gasteiger partial charge is 0.494 e. The number of aryl methyl sites for hydroxylation is 1. The lowest BCUT2D eigenvalue weighted by atomic mass is 10.2. The van der Waals surface area contributed by atoms with Gasteiger partial charge in [0, 0.05) is 12.6 Å². The van der Waals surface area contributed by atoms with Gasteiger partial charge in [-0.25, -0.2) is 4.98 Å². The fourth-order valence-electron chi connectivity index (χ4n) is 2.29.